The standard InChI is InChI=1S/C9H16O3S/c1-3-4-8(2)12-9-5-6-13(10,11)7-9/h5-6,8-9H,3-4,7H2,1-2H3. The molecule has 0 N–H and O–H groups in total. The van der Waals surface area contributed by atoms with E-state index in [2.05, 4.69) is 6.92 Å². The second kappa shape index (κ2) is 4.24. The molecule has 1 heterocycles. The molecule has 0 bridgehead atoms. The molecule has 0 saturated heterocycles. The van der Waals surface area contributed by atoms with Gasteiger partial charge in [-0.05, 0) is 19.4 Å². The lowest BCUT2D eigenvalue weighted by Gasteiger charge is -2.15. The Morgan fingerprint density at radius 1 is 1.62 bits per heavy atom. The molecule has 1 aliphatic rings. The lowest BCUT2D eigenvalue weighted by Crippen LogP contribution is -2.21. The number of ether oxygens (including phenoxy) is 1. The molecule has 2 atom stereocenters. The van der Waals surface area contributed by atoms with Gasteiger partial charge in [0.05, 0.1) is 18.0 Å². The van der Waals surface area contributed by atoms with Crippen LogP contribution in [0.25, 0.3) is 0 Å². The van der Waals surface area contributed by atoms with Crippen molar-refractivity contribution in [3.8, 4) is 0 Å². The molecule has 0 aliphatic carbocycles. The number of hydrogen-bond acceptors (Lipinski definition) is 3. The molecule has 2 unspecified atom stereocenters. The summed E-state index contributed by atoms with van der Waals surface area (Å²) in [6.45, 7) is 4.06. The van der Waals surface area contributed by atoms with Crippen molar-refractivity contribution >= 4 is 9.84 Å². The van der Waals surface area contributed by atoms with Gasteiger partial charge >= 0.3 is 0 Å². The summed E-state index contributed by atoms with van der Waals surface area (Å²) in [7, 11) is -2.96. The Kier molecular flexibility index (Phi) is 3.50. The Hall–Kier alpha value is -0.350. The van der Waals surface area contributed by atoms with Gasteiger partial charge in [-0.25, -0.2) is 8.42 Å². The third-order valence-corrected chi connectivity index (χ3v) is 3.36. The van der Waals surface area contributed by atoms with E-state index in [9.17, 15) is 8.42 Å². The van der Waals surface area contributed by atoms with Gasteiger partial charge in [0.25, 0.3) is 0 Å². The second-order valence-electron chi connectivity index (χ2n) is 3.43. The molecular weight excluding hydrogens is 188 g/mol. The van der Waals surface area contributed by atoms with Crippen molar-refractivity contribution in [2.24, 2.45) is 0 Å². The fourth-order valence-electron chi connectivity index (χ4n) is 1.41. The molecular formula is C9H16O3S. The summed E-state index contributed by atoms with van der Waals surface area (Å²) >= 11 is 0. The molecule has 0 aromatic rings. The van der Waals surface area contributed by atoms with Gasteiger partial charge in [0.2, 0.25) is 0 Å². The van der Waals surface area contributed by atoms with Gasteiger partial charge in [-0.1, -0.05) is 13.3 Å². The Morgan fingerprint density at radius 3 is 2.77 bits per heavy atom. The molecule has 0 spiro atoms. The van der Waals surface area contributed by atoms with Crippen molar-refractivity contribution in [3.05, 3.63) is 11.5 Å². The van der Waals surface area contributed by atoms with E-state index in [1.54, 1.807) is 6.08 Å². The van der Waals surface area contributed by atoms with E-state index in [4.69, 9.17) is 4.74 Å². The minimum absolute atomic E-state index is 0.112. The molecule has 0 aromatic carbocycles. The quantitative estimate of drug-likeness (QED) is 0.697. The SMILES string of the molecule is CCCC(C)OC1C=CS(=O)(=O)C1. The first kappa shape index (κ1) is 10.7. The van der Waals surface area contributed by atoms with E-state index in [1.807, 2.05) is 6.92 Å². The molecule has 76 valence electrons. The molecule has 4 heteroatoms. The van der Waals surface area contributed by atoms with Crippen LogP contribution >= 0.6 is 0 Å². The highest BCUT2D eigenvalue weighted by Gasteiger charge is 2.23. The van der Waals surface area contributed by atoms with Gasteiger partial charge in [-0.2, -0.15) is 0 Å². The molecule has 0 saturated carbocycles. The van der Waals surface area contributed by atoms with Crippen molar-refractivity contribution < 1.29 is 13.2 Å². The van der Waals surface area contributed by atoms with Crippen LogP contribution in [0.2, 0.25) is 0 Å². The van der Waals surface area contributed by atoms with Gasteiger partial charge in [0, 0.05) is 5.41 Å². The predicted octanol–water partition coefficient (Wildman–Crippen LogP) is 1.50. The summed E-state index contributed by atoms with van der Waals surface area (Å²) < 4.78 is 27.5. The van der Waals surface area contributed by atoms with Crippen LogP contribution in [0.3, 0.4) is 0 Å². The van der Waals surface area contributed by atoms with Gasteiger partial charge < -0.3 is 4.74 Å². The van der Waals surface area contributed by atoms with E-state index in [1.165, 1.54) is 5.41 Å². The maximum absolute atomic E-state index is 11.0. The molecule has 13 heavy (non-hydrogen) atoms. The molecule has 0 fully saturated rings. The highest BCUT2D eigenvalue weighted by molar-refractivity contribution is 7.94. The van der Waals surface area contributed by atoms with Gasteiger partial charge in [-0.15, -0.1) is 0 Å². The van der Waals surface area contributed by atoms with Crippen LogP contribution in [-0.4, -0.2) is 26.4 Å². The summed E-state index contributed by atoms with van der Waals surface area (Å²) in [4.78, 5) is 0. The van der Waals surface area contributed by atoms with E-state index in [0.717, 1.165) is 12.8 Å². The third kappa shape index (κ3) is 3.48. The fraction of sp³-hybridized carbons (Fsp3) is 0.778. The lowest BCUT2D eigenvalue weighted by atomic mass is 10.2. The van der Waals surface area contributed by atoms with Crippen molar-refractivity contribution in [2.45, 2.75) is 38.9 Å². The van der Waals surface area contributed by atoms with Crippen molar-refractivity contribution in [2.75, 3.05) is 5.75 Å². The summed E-state index contributed by atoms with van der Waals surface area (Å²) in [5.41, 5.74) is 0. The first-order valence-electron chi connectivity index (χ1n) is 4.60. The average molecular weight is 204 g/mol. The van der Waals surface area contributed by atoms with Crippen molar-refractivity contribution in [1.82, 2.24) is 0 Å². The molecule has 3 nitrogen and oxygen atoms in total. The molecule has 1 aliphatic heterocycles. The van der Waals surface area contributed by atoms with Gasteiger partial charge in [0.15, 0.2) is 9.84 Å². The fourth-order valence-corrected chi connectivity index (χ4v) is 2.58. The largest absolute Gasteiger partial charge is 0.370 e. The van der Waals surface area contributed by atoms with Crippen LogP contribution in [0, 0.1) is 0 Å². The molecule has 0 radical (unpaired) electrons. The summed E-state index contributed by atoms with van der Waals surface area (Å²) in [5, 5.41) is 1.25. The Labute approximate surface area is 79.7 Å². The molecule has 1 rings (SSSR count). The topological polar surface area (TPSA) is 43.4 Å². The number of hydrogen-bond donors (Lipinski definition) is 0. The zero-order valence-corrected chi connectivity index (χ0v) is 8.88. The normalized spacial score (nSPS) is 27.7. The molecule has 0 aromatic heterocycles. The van der Waals surface area contributed by atoms with Crippen molar-refractivity contribution in [3.63, 3.8) is 0 Å². The maximum Gasteiger partial charge on any atom is 0.174 e. The highest BCUT2D eigenvalue weighted by atomic mass is 32.2. The maximum atomic E-state index is 11.0. The van der Waals surface area contributed by atoms with Crippen molar-refractivity contribution in [1.29, 1.82) is 0 Å². The smallest absolute Gasteiger partial charge is 0.174 e. The lowest BCUT2D eigenvalue weighted by molar-refractivity contribution is 0.0320. The van der Waals surface area contributed by atoms with E-state index < -0.39 is 9.84 Å². The minimum Gasteiger partial charge on any atom is -0.370 e. The zero-order valence-electron chi connectivity index (χ0n) is 8.06. The van der Waals surface area contributed by atoms with E-state index in [-0.39, 0.29) is 18.0 Å². The van der Waals surface area contributed by atoms with E-state index in [0.29, 0.717) is 0 Å². The highest BCUT2D eigenvalue weighted by Crippen LogP contribution is 2.14. The average Bonchev–Trinajstić information content (AvgIpc) is 2.30. The van der Waals surface area contributed by atoms with Gasteiger partial charge in [0.1, 0.15) is 0 Å². The van der Waals surface area contributed by atoms with Gasteiger partial charge in [-0.3, -0.25) is 0 Å². The second-order valence-corrected chi connectivity index (χ2v) is 5.36. The summed E-state index contributed by atoms with van der Waals surface area (Å²) in [6, 6.07) is 0. The van der Waals surface area contributed by atoms with E-state index >= 15 is 0 Å². The number of rotatable bonds is 4. The van der Waals surface area contributed by atoms with Crippen LogP contribution < -0.4 is 0 Å². The monoisotopic (exact) mass is 204 g/mol. The Balaban J connectivity index is 2.37. The van der Waals surface area contributed by atoms with Crippen LogP contribution in [-0.2, 0) is 14.6 Å². The summed E-state index contributed by atoms with van der Waals surface area (Å²) in [6.07, 6.45) is 3.58. The number of sulfone groups is 1. The summed E-state index contributed by atoms with van der Waals surface area (Å²) in [5.74, 6) is 0.112. The first-order chi connectivity index (χ1) is 6.03. The Bertz CT molecular complexity index is 279. The van der Waals surface area contributed by atoms with Crippen LogP contribution in [0.1, 0.15) is 26.7 Å². The third-order valence-electron chi connectivity index (χ3n) is 2.00. The van der Waals surface area contributed by atoms with Crippen LogP contribution in [0.15, 0.2) is 11.5 Å². The van der Waals surface area contributed by atoms with Crippen LogP contribution in [0.4, 0.5) is 0 Å². The predicted molar refractivity (Wildman–Crippen MR) is 52.2 cm³/mol. The minimum atomic E-state index is -2.96. The zero-order chi connectivity index (χ0) is 9.90. The first-order valence-corrected chi connectivity index (χ1v) is 6.31. The van der Waals surface area contributed by atoms with Crippen LogP contribution in [0.5, 0.6) is 0 Å². The molecule has 0 amide bonds. The Morgan fingerprint density at radius 2 is 2.31 bits per heavy atom.